The van der Waals surface area contributed by atoms with E-state index in [2.05, 4.69) is 23.4 Å². The highest BCUT2D eigenvalue weighted by atomic mass is 35.5. The topological polar surface area (TPSA) is 17.8 Å². The fraction of sp³-hybridized carbons (Fsp3) is 0.562. The zero-order chi connectivity index (χ0) is 15.2. The van der Waals surface area contributed by atoms with Crippen molar-refractivity contribution in [2.24, 2.45) is 5.41 Å². The second kappa shape index (κ2) is 5.64. The molecule has 0 amide bonds. The molecule has 0 spiro atoms. The minimum absolute atomic E-state index is 0.360. The van der Waals surface area contributed by atoms with Crippen LogP contribution in [0.4, 0.5) is 0 Å². The van der Waals surface area contributed by atoms with Crippen molar-refractivity contribution in [2.75, 3.05) is 0 Å². The average Bonchev–Trinajstić information content (AvgIpc) is 2.75. The molecule has 1 atom stereocenters. The zero-order valence-electron chi connectivity index (χ0n) is 12.3. The van der Waals surface area contributed by atoms with Gasteiger partial charge in [0.1, 0.15) is 5.82 Å². The number of hydrogen-bond donors (Lipinski definition) is 0. The highest BCUT2D eigenvalue weighted by molar-refractivity contribution is 6.42. The van der Waals surface area contributed by atoms with Crippen LogP contribution in [0, 0.1) is 5.41 Å². The maximum Gasteiger partial charge on any atom is 0.125 e. The van der Waals surface area contributed by atoms with Gasteiger partial charge >= 0.3 is 0 Å². The Morgan fingerprint density at radius 3 is 2.67 bits per heavy atom. The van der Waals surface area contributed by atoms with Crippen molar-refractivity contribution < 1.29 is 0 Å². The molecule has 0 aliphatic heterocycles. The number of aromatic nitrogens is 2. The summed E-state index contributed by atoms with van der Waals surface area (Å²) < 4.78 is 2.28. The summed E-state index contributed by atoms with van der Waals surface area (Å²) in [5.74, 6) is 1.31. The smallest absolute Gasteiger partial charge is 0.125 e. The first-order valence-electron chi connectivity index (χ1n) is 7.33. The number of halogens is 3. The lowest BCUT2D eigenvalue weighted by Gasteiger charge is -2.36. The van der Waals surface area contributed by atoms with E-state index in [-0.39, 0.29) is 0 Å². The molecule has 5 heteroatoms. The molecule has 1 unspecified atom stereocenters. The molecule has 1 heterocycles. The molecular weight excluding hydrogens is 327 g/mol. The second-order valence-corrected chi connectivity index (χ2v) is 7.78. The van der Waals surface area contributed by atoms with Gasteiger partial charge in [0.15, 0.2) is 0 Å². The van der Waals surface area contributed by atoms with E-state index < -0.39 is 0 Å². The van der Waals surface area contributed by atoms with Crippen LogP contribution < -0.4 is 0 Å². The molecule has 1 aliphatic carbocycles. The summed E-state index contributed by atoms with van der Waals surface area (Å²) in [4.78, 5) is 4.64. The predicted octanol–water partition coefficient (Wildman–Crippen LogP) is 6.22. The Labute approximate surface area is 140 Å². The molecule has 0 radical (unpaired) electrons. The normalized spacial score (nSPS) is 21.9. The van der Waals surface area contributed by atoms with Gasteiger partial charge in [-0.05, 0) is 36.8 Å². The van der Waals surface area contributed by atoms with Gasteiger partial charge in [0.2, 0.25) is 0 Å². The van der Waals surface area contributed by atoms with E-state index in [1.54, 1.807) is 0 Å². The maximum atomic E-state index is 6.20. The van der Waals surface area contributed by atoms with Gasteiger partial charge in [-0.15, -0.1) is 11.6 Å². The van der Waals surface area contributed by atoms with E-state index in [0.29, 0.717) is 27.4 Å². The lowest BCUT2D eigenvalue weighted by atomic mass is 9.75. The molecule has 0 bridgehead atoms. The van der Waals surface area contributed by atoms with E-state index >= 15 is 0 Å². The lowest BCUT2D eigenvalue weighted by molar-refractivity contribution is 0.184. The summed E-state index contributed by atoms with van der Waals surface area (Å²) in [7, 11) is 0. The van der Waals surface area contributed by atoms with Crippen LogP contribution in [-0.2, 0) is 5.88 Å². The molecule has 21 heavy (non-hydrogen) atoms. The van der Waals surface area contributed by atoms with Crippen molar-refractivity contribution in [3.63, 3.8) is 0 Å². The van der Waals surface area contributed by atoms with E-state index in [4.69, 9.17) is 34.8 Å². The minimum Gasteiger partial charge on any atom is -0.324 e. The van der Waals surface area contributed by atoms with Gasteiger partial charge in [-0.3, -0.25) is 0 Å². The van der Waals surface area contributed by atoms with Crippen LogP contribution in [0.25, 0.3) is 11.0 Å². The van der Waals surface area contributed by atoms with E-state index in [1.165, 1.54) is 19.3 Å². The number of imidazole rings is 1. The first kappa shape index (κ1) is 15.5. The van der Waals surface area contributed by atoms with Crippen molar-refractivity contribution in [1.29, 1.82) is 0 Å². The third-order valence-electron chi connectivity index (χ3n) is 4.47. The predicted molar refractivity (Wildman–Crippen MR) is 90.6 cm³/mol. The van der Waals surface area contributed by atoms with Crippen molar-refractivity contribution >= 4 is 45.8 Å². The maximum absolute atomic E-state index is 6.20. The van der Waals surface area contributed by atoms with Crippen LogP contribution in [0.2, 0.25) is 10.0 Å². The Morgan fingerprint density at radius 1 is 1.29 bits per heavy atom. The number of fused-ring (bicyclic) bond motifs is 1. The van der Waals surface area contributed by atoms with E-state index in [0.717, 1.165) is 23.3 Å². The third-order valence-corrected chi connectivity index (χ3v) is 5.43. The SMILES string of the molecule is CC1(C)CCCC(n2c(CCl)nc3cc(Cl)c(Cl)cc32)C1. The molecule has 1 aliphatic rings. The fourth-order valence-corrected chi connectivity index (χ4v) is 4.02. The van der Waals surface area contributed by atoms with Gasteiger partial charge in [0, 0.05) is 6.04 Å². The largest absolute Gasteiger partial charge is 0.324 e. The molecule has 1 aromatic heterocycles. The Bertz CT molecular complexity index is 676. The van der Waals surface area contributed by atoms with Gasteiger partial charge in [0.25, 0.3) is 0 Å². The summed E-state index contributed by atoms with van der Waals surface area (Å²) in [6, 6.07) is 4.19. The average molecular weight is 346 g/mol. The molecule has 0 saturated heterocycles. The van der Waals surface area contributed by atoms with Gasteiger partial charge in [0.05, 0.1) is 27.0 Å². The first-order chi connectivity index (χ1) is 9.91. The molecule has 3 rings (SSSR count). The Balaban J connectivity index is 2.14. The lowest BCUT2D eigenvalue weighted by Crippen LogP contribution is -2.25. The summed E-state index contributed by atoms with van der Waals surface area (Å²) in [5.41, 5.74) is 2.28. The summed E-state index contributed by atoms with van der Waals surface area (Å²) in [5, 5.41) is 1.11. The van der Waals surface area contributed by atoms with Crippen molar-refractivity contribution in [3.8, 4) is 0 Å². The van der Waals surface area contributed by atoms with Crippen LogP contribution in [0.3, 0.4) is 0 Å². The minimum atomic E-state index is 0.360. The molecule has 2 nitrogen and oxygen atoms in total. The molecule has 1 fully saturated rings. The van der Waals surface area contributed by atoms with Crippen LogP contribution in [0.5, 0.6) is 0 Å². The highest BCUT2D eigenvalue weighted by Crippen LogP contribution is 2.43. The number of rotatable bonds is 2. The molecule has 114 valence electrons. The van der Waals surface area contributed by atoms with E-state index in [9.17, 15) is 0 Å². The molecule has 1 saturated carbocycles. The van der Waals surface area contributed by atoms with Crippen LogP contribution >= 0.6 is 34.8 Å². The summed E-state index contributed by atoms with van der Waals surface area (Å²) in [6.45, 7) is 4.67. The summed E-state index contributed by atoms with van der Waals surface area (Å²) >= 11 is 18.4. The number of hydrogen-bond acceptors (Lipinski definition) is 1. The second-order valence-electron chi connectivity index (χ2n) is 6.70. The third kappa shape index (κ3) is 2.91. The van der Waals surface area contributed by atoms with Gasteiger partial charge < -0.3 is 4.57 Å². The first-order valence-corrected chi connectivity index (χ1v) is 8.62. The Morgan fingerprint density at radius 2 is 2.00 bits per heavy atom. The van der Waals surface area contributed by atoms with E-state index in [1.807, 2.05) is 12.1 Å². The number of nitrogens with zero attached hydrogens (tertiary/aromatic N) is 2. The van der Waals surface area contributed by atoms with Gasteiger partial charge in [-0.1, -0.05) is 43.5 Å². The molecule has 2 aromatic rings. The number of benzene rings is 1. The van der Waals surface area contributed by atoms with Gasteiger partial charge in [-0.25, -0.2) is 4.98 Å². The fourth-order valence-electron chi connectivity index (χ4n) is 3.52. The van der Waals surface area contributed by atoms with Gasteiger partial charge in [-0.2, -0.15) is 0 Å². The Hall–Kier alpha value is -0.440. The van der Waals surface area contributed by atoms with Crippen molar-refractivity contribution in [2.45, 2.75) is 51.5 Å². The molecule has 1 aromatic carbocycles. The monoisotopic (exact) mass is 344 g/mol. The summed E-state index contributed by atoms with van der Waals surface area (Å²) in [6.07, 6.45) is 4.82. The molecule has 0 N–H and O–H groups in total. The Kier molecular flexibility index (Phi) is 4.15. The van der Waals surface area contributed by atoms with Crippen LogP contribution in [0.1, 0.15) is 51.4 Å². The highest BCUT2D eigenvalue weighted by Gasteiger charge is 2.31. The number of alkyl halides is 1. The quantitative estimate of drug-likeness (QED) is 0.590. The zero-order valence-corrected chi connectivity index (χ0v) is 14.6. The molecular formula is C16H19Cl3N2. The van der Waals surface area contributed by atoms with Crippen LogP contribution in [0.15, 0.2) is 12.1 Å². The van der Waals surface area contributed by atoms with Crippen molar-refractivity contribution in [3.05, 3.63) is 28.0 Å². The van der Waals surface area contributed by atoms with Crippen molar-refractivity contribution in [1.82, 2.24) is 9.55 Å². The van der Waals surface area contributed by atoms with Crippen LogP contribution in [-0.4, -0.2) is 9.55 Å². The standard InChI is InChI=1S/C16H19Cl3N2/c1-16(2)5-3-4-10(8-16)21-14-7-12(19)11(18)6-13(14)20-15(21)9-17/h6-7,10H,3-5,8-9H2,1-2H3.